The smallest absolute Gasteiger partial charge is 0.475 e. The average molecular weight is 580 g/mol. The van der Waals surface area contributed by atoms with Crippen LogP contribution in [0.25, 0.3) is 0 Å². The number of carboxylic acid groups (broad SMARTS) is 1. The summed E-state index contributed by atoms with van der Waals surface area (Å²) in [6.07, 6.45) is -1.72. The number of hydrogen-bond donors (Lipinski definition) is 4. The Labute approximate surface area is 229 Å². The van der Waals surface area contributed by atoms with Crippen molar-refractivity contribution in [1.29, 1.82) is 0 Å². The summed E-state index contributed by atoms with van der Waals surface area (Å²) in [5.74, 6) is -3.05. The fraction of sp³-hybridized carbons (Fsp3) is 0.269. The molecule has 4 rings (SSSR count). The molecule has 10 nitrogen and oxygen atoms in total. The molecular formula is C26H28F3N5O5S. The molecule has 0 bridgehead atoms. The Balaban J connectivity index is 0.000000559. The number of anilines is 2. The van der Waals surface area contributed by atoms with Gasteiger partial charge in [-0.3, -0.25) is 14.5 Å². The molecule has 1 saturated heterocycles. The highest BCUT2D eigenvalue weighted by molar-refractivity contribution is 7.92. The largest absolute Gasteiger partial charge is 0.490 e. The van der Waals surface area contributed by atoms with E-state index in [1.54, 1.807) is 54.9 Å². The fourth-order valence-corrected chi connectivity index (χ4v) is 4.71. The van der Waals surface area contributed by atoms with Crippen LogP contribution in [-0.4, -0.2) is 62.7 Å². The summed E-state index contributed by atoms with van der Waals surface area (Å²) < 4.78 is 60.6. The molecule has 4 N–H and O–H groups in total. The van der Waals surface area contributed by atoms with E-state index < -0.39 is 22.2 Å². The number of pyridine rings is 1. The number of alkyl halides is 3. The maximum Gasteiger partial charge on any atom is 0.490 e. The van der Waals surface area contributed by atoms with Crippen LogP contribution in [0.3, 0.4) is 0 Å². The lowest BCUT2D eigenvalue weighted by Gasteiger charge is -2.31. The second kappa shape index (κ2) is 13.3. The molecule has 40 heavy (non-hydrogen) atoms. The maximum atomic E-state index is 13.1. The van der Waals surface area contributed by atoms with Crippen molar-refractivity contribution in [3.63, 3.8) is 0 Å². The number of halogens is 3. The second-order valence-electron chi connectivity index (χ2n) is 8.73. The van der Waals surface area contributed by atoms with Gasteiger partial charge in [0, 0.05) is 50.7 Å². The number of aromatic nitrogens is 1. The van der Waals surface area contributed by atoms with Gasteiger partial charge in [0.05, 0.1) is 16.3 Å². The van der Waals surface area contributed by atoms with E-state index in [1.807, 2.05) is 19.1 Å². The molecule has 1 aliphatic rings. The zero-order chi connectivity index (χ0) is 29.3. The Bertz CT molecular complexity index is 1410. The lowest BCUT2D eigenvalue weighted by molar-refractivity contribution is -0.192. The van der Waals surface area contributed by atoms with E-state index in [1.165, 1.54) is 0 Å². The summed E-state index contributed by atoms with van der Waals surface area (Å²) in [6.45, 7) is 5.32. The number of aliphatic carboxylic acids is 1. The minimum atomic E-state index is -5.08. The number of carbonyl (C=O) groups excluding carboxylic acids is 1. The van der Waals surface area contributed by atoms with Crippen molar-refractivity contribution in [3.05, 3.63) is 83.7 Å². The number of benzene rings is 2. The van der Waals surface area contributed by atoms with Crippen LogP contribution >= 0.6 is 0 Å². The molecule has 1 aromatic heterocycles. The number of hydrogen-bond acceptors (Lipinski definition) is 7. The molecule has 0 radical (unpaired) electrons. The van der Waals surface area contributed by atoms with Crippen LogP contribution in [0.15, 0.2) is 71.9 Å². The first-order valence-corrected chi connectivity index (χ1v) is 13.5. The Morgan fingerprint density at radius 1 is 1.07 bits per heavy atom. The molecule has 1 fully saturated rings. The van der Waals surface area contributed by atoms with Crippen molar-refractivity contribution in [3.8, 4) is 0 Å². The van der Waals surface area contributed by atoms with Crippen LogP contribution in [0, 0.1) is 6.92 Å². The quantitative estimate of drug-likeness (QED) is 0.335. The summed E-state index contributed by atoms with van der Waals surface area (Å²) in [6, 6.07) is 15.5. The molecular weight excluding hydrogens is 551 g/mol. The minimum absolute atomic E-state index is 0.172. The van der Waals surface area contributed by atoms with Crippen molar-refractivity contribution >= 4 is 33.3 Å². The summed E-state index contributed by atoms with van der Waals surface area (Å²) >= 11 is 0. The number of rotatable bonds is 7. The third-order valence-corrected chi connectivity index (χ3v) is 7.09. The first kappa shape index (κ1) is 30.4. The highest BCUT2D eigenvalue weighted by atomic mass is 32.2. The number of carbonyl (C=O) groups is 2. The fourth-order valence-electron chi connectivity index (χ4n) is 3.65. The number of nitrogens with zero attached hydrogens (tertiary/aromatic N) is 2. The number of carboxylic acids is 1. The molecule has 3 aromatic rings. The number of sulfonamides is 1. The van der Waals surface area contributed by atoms with Crippen molar-refractivity contribution in [2.45, 2.75) is 24.5 Å². The number of aryl methyl sites for hydroxylation is 1. The van der Waals surface area contributed by atoms with Gasteiger partial charge in [-0.1, -0.05) is 23.8 Å². The molecule has 14 heteroatoms. The predicted octanol–water partition coefficient (Wildman–Crippen LogP) is 3.16. The van der Waals surface area contributed by atoms with Gasteiger partial charge in [0.1, 0.15) is 0 Å². The summed E-state index contributed by atoms with van der Waals surface area (Å²) in [4.78, 5) is 28.0. The Morgan fingerprint density at radius 3 is 2.30 bits per heavy atom. The van der Waals surface area contributed by atoms with Gasteiger partial charge in [-0.05, 0) is 48.9 Å². The van der Waals surface area contributed by atoms with E-state index >= 15 is 0 Å². The van der Waals surface area contributed by atoms with Gasteiger partial charge in [0.2, 0.25) is 0 Å². The first-order valence-electron chi connectivity index (χ1n) is 12.0. The molecule has 0 unspecified atom stereocenters. The SMILES string of the molecule is Cc1ccc(S(=O)(=O)Nc2cc(C(=O)NCc3cccnc3)ccc2N2CCNCC2)cc1.O=C(O)C(F)(F)F. The highest BCUT2D eigenvalue weighted by Crippen LogP contribution is 2.30. The van der Waals surface area contributed by atoms with E-state index in [2.05, 4.69) is 25.2 Å². The highest BCUT2D eigenvalue weighted by Gasteiger charge is 2.38. The van der Waals surface area contributed by atoms with Crippen LogP contribution in [0.5, 0.6) is 0 Å². The van der Waals surface area contributed by atoms with E-state index in [4.69, 9.17) is 9.90 Å². The summed E-state index contributed by atoms with van der Waals surface area (Å²) in [7, 11) is -3.82. The van der Waals surface area contributed by atoms with Gasteiger partial charge >= 0.3 is 12.1 Å². The van der Waals surface area contributed by atoms with Crippen LogP contribution < -0.4 is 20.3 Å². The molecule has 0 saturated carbocycles. The van der Waals surface area contributed by atoms with Crippen molar-refractivity contribution in [2.75, 3.05) is 35.8 Å². The zero-order valence-electron chi connectivity index (χ0n) is 21.4. The maximum absolute atomic E-state index is 13.1. The Morgan fingerprint density at radius 2 is 1.73 bits per heavy atom. The van der Waals surface area contributed by atoms with Crippen LogP contribution in [0.2, 0.25) is 0 Å². The molecule has 0 spiro atoms. The van der Waals surface area contributed by atoms with Crippen molar-refractivity contribution in [2.24, 2.45) is 0 Å². The minimum Gasteiger partial charge on any atom is -0.475 e. The van der Waals surface area contributed by atoms with E-state index in [9.17, 15) is 26.4 Å². The monoisotopic (exact) mass is 579 g/mol. The van der Waals surface area contributed by atoms with E-state index in [-0.39, 0.29) is 10.8 Å². The number of nitrogens with one attached hydrogen (secondary N) is 3. The molecule has 0 atom stereocenters. The van der Waals surface area contributed by atoms with Gasteiger partial charge in [0.15, 0.2) is 0 Å². The predicted molar refractivity (Wildman–Crippen MR) is 143 cm³/mol. The first-order chi connectivity index (χ1) is 18.9. The van der Waals surface area contributed by atoms with Crippen LogP contribution in [0.1, 0.15) is 21.5 Å². The zero-order valence-corrected chi connectivity index (χ0v) is 22.2. The third kappa shape index (κ3) is 8.68. The normalized spacial score (nSPS) is 13.6. The van der Waals surface area contributed by atoms with Crippen molar-refractivity contribution in [1.82, 2.24) is 15.6 Å². The van der Waals surface area contributed by atoms with Crippen molar-refractivity contribution < 1.29 is 36.3 Å². The number of piperazine rings is 1. The third-order valence-electron chi connectivity index (χ3n) is 5.71. The Hall–Kier alpha value is -4.17. The number of amides is 1. The lowest BCUT2D eigenvalue weighted by Crippen LogP contribution is -2.43. The topological polar surface area (TPSA) is 141 Å². The van der Waals surface area contributed by atoms with Crippen LogP contribution in [0.4, 0.5) is 24.5 Å². The van der Waals surface area contributed by atoms with Gasteiger partial charge in [-0.25, -0.2) is 13.2 Å². The molecule has 0 aliphatic carbocycles. The Kier molecular flexibility index (Phi) is 10.1. The van der Waals surface area contributed by atoms with Gasteiger partial charge in [-0.2, -0.15) is 13.2 Å². The molecule has 214 valence electrons. The second-order valence-corrected chi connectivity index (χ2v) is 10.4. The van der Waals surface area contributed by atoms with Crippen LogP contribution in [-0.2, 0) is 21.4 Å². The standard InChI is InChI=1S/C24H27N5O3S.C2HF3O2/c1-18-4-7-21(8-5-18)33(31,32)28-22-15-20(6-9-23(22)29-13-11-25-12-14-29)24(30)27-17-19-3-2-10-26-16-19;3-2(4,5)1(6)7/h2-10,15-16,25,28H,11-14,17H2,1H3,(H,27,30);(H,6,7). The molecule has 2 heterocycles. The van der Waals surface area contributed by atoms with Gasteiger partial charge < -0.3 is 20.6 Å². The van der Waals surface area contributed by atoms with Gasteiger partial charge in [-0.15, -0.1) is 0 Å². The molecule has 1 amide bonds. The summed E-state index contributed by atoms with van der Waals surface area (Å²) in [5.41, 5.74) is 3.35. The molecule has 2 aromatic carbocycles. The summed E-state index contributed by atoms with van der Waals surface area (Å²) in [5, 5.41) is 13.3. The van der Waals surface area contributed by atoms with Gasteiger partial charge in [0.25, 0.3) is 15.9 Å². The average Bonchev–Trinajstić information content (AvgIpc) is 2.92. The van der Waals surface area contributed by atoms with E-state index in [0.717, 1.165) is 43.0 Å². The van der Waals surface area contributed by atoms with E-state index in [0.29, 0.717) is 17.8 Å². The molecule has 1 aliphatic heterocycles. The lowest BCUT2D eigenvalue weighted by atomic mass is 10.1.